The smallest absolute Gasteiger partial charge is 0.327 e. The second kappa shape index (κ2) is 6.46. The summed E-state index contributed by atoms with van der Waals surface area (Å²) in [5.74, 6) is -0.0606. The monoisotopic (exact) mass is 284 g/mol. The molecule has 1 aliphatic rings. The van der Waals surface area contributed by atoms with Crippen LogP contribution in [0, 0.1) is 0 Å². The number of rotatable bonds is 5. The van der Waals surface area contributed by atoms with E-state index in [1.54, 1.807) is 10.9 Å². The standard InChI is InChI=1S/C11H16N4O3S/c16-10(17)9-7-19-8-15(9)11(18)12-3-1-5-14-6-2-4-13-14/h2,4,6,9H,1,3,5,7-8H2,(H,12,18)(H,16,17)/t9-/m0/s1. The fraction of sp³-hybridized carbons (Fsp3) is 0.545. The Bertz CT molecular complexity index is 437. The summed E-state index contributed by atoms with van der Waals surface area (Å²) in [4.78, 5) is 24.2. The van der Waals surface area contributed by atoms with Crippen LogP contribution in [0.15, 0.2) is 18.5 Å². The Labute approximate surface area is 115 Å². The third-order valence-electron chi connectivity index (χ3n) is 2.83. The van der Waals surface area contributed by atoms with E-state index in [1.165, 1.54) is 16.7 Å². The van der Waals surface area contributed by atoms with Crippen LogP contribution in [-0.2, 0) is 11.3 Å². The highest BCUT2D eigenvalue weighted by molar-refractivity contribution is 7.99. The van der Waals surface area contributed by atoms with Crippen molar-refractivity contribution in [3.63, 3.8) is 0 Å². The van der Waals surface area contributed by atoms with Crippen molar-refractivity contribution < 1.29 is 14.7 Å². The van der Waals surface area contributed by atoms with Crippen molar-refractivity contribution in [2.45, 2.75) is 19.0 Å². The number of hydrogen-bond acceptors (Lipinski definition) is 4. The van der Waals surface area contributed by atoms with Crippen molar-refractivity contribution in [3.8, 4) is 0 Å². The van der Waals surface area contributed by atoms with Gasteiger partial charge in [-0.15, -0.1) is 11.8 Å². The number of carboxylic acids is 1. The van der Waals surface area contributed by atoms with Gasteiger partial charge in [-0.3, -0.25) is 4.68 Å². The summed E-state index contributed by atoms with van der Waals surface area (Å²) in [5, 5.41) is 15.8. The highest BCUT2D eigenvalue weighted by Gasteiger charge is 2.34. The van der Waals surface area contributed by atoms with Gasteiger partial charge in [-0.1, -0.05) is 0 Å². The molecule has 2 amide bonds. The number of amides is 2. The van der Waals surface area contributed by atoms with E-state index in [1.807, 2.05) is 12.3 Å². The predicted octanol–water partition coefficient (Wildman–Crippen LogP) is 0.442. The lowest BCUT2D eigenvalue weighted by molar-refractivity contribution is -0.140. The van der Waals surface area contributed by atoms with Crippen LogP contribution in [0.4, 0.5) is 4.79 Å². The first-order chi connectivity index (χ1) is 9.18. The molecule has 1 aromatic rings. The number of nitrogens with one attached hydrogen (secondary N) is 1. The van der Waals surface area contributed by atoms with E-state index in [-0.39, 0.29) is 6.03 Å². The summed E-state index contributed by atoms with van der Waals surface area (Å²) in [7, 11) is 0. The highest BCUT2D eigenvalue weighted by Crippen LogP contribution is 2.20. The molecule has 0 aromatic carbocycles. The third-order valence-corrected chi connectivity index (χ3v) is 3.84. The van der Waals surface area contributed by atoms with Crippen LogP contribution in [0.5, 0.6) is 0 Å². The first-order valence-corrected chi connectivity index (χ1v) is 7.16. The summed E-state index contributed by atoms with van der Waals surface area (Å²) in [5.41, 5.74) is 0. The minimum Gasteiger partial charge on any atom is -0.480 e. The lowest BCUT2D eigenvalue weighted by Crippen LogP contribution is -2.47. The zero-order chi connectivity index (χ0) is 13.7. The average Bonchev–Trinajstić information content (AvgIpc) is 3.04. The Balaban J connectivity index is 1.70. The molecule has 1 aromatic heterocycles. The van der Waals surface area contributed by atoms with Crippen molar-refractivity contribution in [2.75, 3.05) is 18.2 Å². The second-order valence-electron chi connectivity index (χ2n) is 4.18. The quantitative estimate of drug-likeness (QED) is 0.766. The molecule has 1 fully saturated rings. The Morgan fingerprint density at radius 3 is 3.05 bits per heavy atom. The molecule has 0 unspecified atom stereocenters. The van der Waals surface area contributed by atoms with E-state index >= 15 is 0 Å². The van der Waals surface area contributed by atoms with Crippen LogP contribution >= 0.6 is 11.8 Å². The van der Waals surface area contributed by atoms with Crippen LogP contribution in [0.1, 0.15) is 6.42 Å². The number of aliphatic carboxylic acids is 1. The minimum absolute atomic E-state index is 0.308. The second-order valence-corrected chi connectivity index (χ2v) is 5.18. The Morgan fingerprint density at radius 1 is 1.53 bits per heavy atom. The van der Waals surface area contributed by atoms with Gasteiger partial charge in [0.1, 0.15) is 6.04 Å². The lowest BCUT2D eigenvalue weighted by Gasteiger charge is -2.20. The van der Waals surface area contributed by atoms with Gasteiger partial charge in [-0.05, 0) is 12.5 Å². The van der Waals surface area contributed by atoms with E-state index in [9.17, 15) is 9.59 Å². The molecule has 1 aliphatic heterocycles. The molecule has 0 saturated carbocycles. The fourth-order valence-corrected chi connectivity index (χ4v) is 2.96. The number of carbonyl (C=O) groups excluding carboxylic acids is 1. The Morgan fingerprint density at radius 2 is 2.37 bits per heavy atom. The van der Waals surface area contributed by atoms with Gasteiger partial charge < -0.3 is 15.3 Å². The number of aryl methyl sites for hydroxylation is 1. The van der Waals surface area contributed by atoms with Crippen LogP contribution in [0.25, 0.3) is 0 Å². The van der Waals surface area contributed by atoms with Crippen molar-refractivity contribution in [1.29, 1.82) is 0 Å². The number of carbonyl (C=O) groups is 2. The number of hydrogen-bond donors (Lipinski definition) is 2. The summed E-state index contributed by atoms with van der Waals surface area (Å²) in [6, 6.07) is 0.825. The van der Waals surface area contributed by atoms with Gasteiger partial charge in [0, 0.05) is 31.2 Å². The number of carboxylic acid groups (broad SMARTS) is 1. The predicted molar refractivity (Wildman–Crippen MR) is 70.8 cm³/mol. The molecular weight excluding hydrogens is 268 g/mol. The van der Waals surface area contributed by atoms with Crippen LogP contribution in [-0.4, -0.2) is 56.0 Å². The van der Waals surface area contributed by atoms with E-state index < -0.39 is 12.0 Å². The van der Waals surface area contributed by atoms with Crippen LogP contribution in [0.3, 0.4) is 0 Å². The van der Waals surface area contributed by atoms with Crippen molar-refractivity contribution in [3.05, 3.63) is 18.5 Å². The maximum absolute atomic E-state index is 11.8. The Hall–Kier alpha value is -1.70. The third kappa shape index (κ3) is 3.63. The topological polar surface area (TPSA) is 87.5 Å². The largest absolute Gasteiger partial charge is 0.480 e. The van der Waals surface area contributed by atoms with Crippen LogP contribution < -0.4 is 5.32 Å². The summed E-state index contributed by atoms with van der Waals surface area (Å²) in [6.45, 7) is 1.23. The van der Waals surface area contributed by atoms with E-state index in [0.29, 0.717) is 18.2 Å². The molecule has 19 heavy (non-hydrogen) atoms. The zero-order valence-electron chi connectivity index (χ0n) is 10.4. The average molecular weight is 284 g/mol. The molecule has 0 aliphatic carbocycles. The summed E-state index contributed by atoms with van der Waals surface area (Å²) >= 11 is 1.45. The van der Waals surface area contributed by atoms with Gasteiger partial charge in [0.15, 0.2) is 0 Å². The molecule has 0 radical (unpaired) electrons. The van der Waals surface area contributed by atoms with Gasteiger partial charge in [-0.2, -0.15) is 5.10 Å². The number of aromatic nitrogens is 2. The molecule has 104 valence electrons. The zero-order valence-corrected chi connectivity index (χ0v) is 11.2. The minimum atomic E-state index is -0.948. The van der Waals surface area contributed by atoms with Gasteiger partial charge in [0.25, 0.3) is 0 Å². The first-order valence-electron chi connectivity index (χ1n) is 6.01. The maximum atomic E-state index is 11.8. The van der Waals surface area contributed by atoms with Gasteiger partial charge in [-0.25, -0.2) is 9.59 Å². The van der Waals surface area contributed by atoms with Crippen molar-refractivity contribution in [1.82, 2.24) is 20.0 Å². The molecular formula is C11H16N4O3S. The first kappa shape index (κ1) is 13.7. The fourth-order valence-electron chi connectivity index (χ4n) is 1.82. The number of urea groups is 1. The van der Waals surface area contributed by atoms with Gasteiger partial charge in [0.2, 0.25) is 0 Å². The molecule has 2 heterocycles. The van der Waals surface area contributed by atoms with E-state index in [2.05, 4.69) is 10.4 Å². The van der Waals surface area contributed by atoms with Gasteiger partial charge in [0.05, 0.1) is 5.88 Å². The highest BCUT2D eigenvalue weighted by atomic mass is 32.2. The van der Waals surface area contributed by atoms with Crippen molar-refractivity contribution in [2.24, 2.45) is 0 Å². The van der Waals surface area contributed by atoms with Gasteiger partial charge >= 0.3 is 12.0 Å². The van der Waals surface area contributed by atoms with Crippen LogP contribution in [0.2, 0.25) is 0 Å². The molecule has 0 spiro atoms. The molecule has 2 N–H and O–H groups in total. The molecule has 1 atom stereocenters. The summed E-state index contributed by atoms with van der Waals surface area (Å²) in [6.07, 6.45) is 4.32. The molecule has 0 bridgehead atoms. The normalized spacial score (nSPS) is 18.5. The summed E-state index contributed by atoms with van der Waals surface area (Å²) < 4.78 is 1.79. The van der Waals surface area contributed by atoms with Crippen molar-refractivity contribution >= 4 is 23.8 Å². The molecule has 8 heteroatoms. The van der Waals surface area contributed by atoms with E-state index in [4.69, 9.17) is 5.11 Å². The SMILES string of the molecule is O=C(O)[C@@H]1CSCN1C(=O)NCCCn1cccn1. The number of thioether (sulfide) groups is 1. The number of nitrogens with zero attached hydrogens (tertiary/aromatic N) is 3. The molecule has 2 rings (SSSR count). The Kier molecular flexibility index (Phi) is 4.67. The molecule has 1 saturated heterocycles. The lowest BCUT2D eigenvalue weighted by atomic mass is 10.3. The maximum Gasteiger partial charge on any atom is 0.327 e. The van der Waals surface area contributed by atoms with E-state index in [0.717, 1.165) is 13.0 Å². The molecule has 7 nitrogen and oxygen atoms in total.